The highest BCUT2D eigenvalue weighted by molar-refractivity contribution is 5.59. The fourth-order valence-electron chi connectivity index (χ4n) is 2.10. The van der Waals surface area contributed by atoms with Crippen LogP contribution in [0.4, 0.5) is 5.69 Å². The van der Waals surface area contributed by atoms with Gasteiger partial charge in [0.15, 0.2) is 0 Å². The van der Waals surface area contributed by atoms with E-state index in [0.717, 1.165) is 31.7 Å². The van der Waals surface area contributed by atoms with Gasteiger partial charge in [-0.25, -0.2) is 0 Å². The van der Waals surface area contributed by atoms with Crippen LogP contribution < -0.4 is 10.1 Å². The number of ether oxygens (including phenoxy) is 2. The van der Waals surface area contributed by atoms with E-state index in [1.165, 1.54) is 6.42 Å². The van der Waals surface area contributed by atoms with Crippen molar-refractivity contribution in [1.29, 1.82) is 5.26 Å². The van der Waals surface area contributed by atoms with E-state index in [4.69, 9.17) is 14.7 Å². The first-order valence-electron chi connectivity index (χ1n) is 6.27. The summed E-state index contributed by atoms with van der Waals surface area (Å²) in [6.45, 7) is 1.64. The summed E-state index contributed by atoms with van der Waals surface area (Å²) >= 11 is 0. The normalized spacial score (nSPS) is 19.0. The molecule has 0 saturated carbocycles. The molecule has 0 aliphatic carbocycles. The Hall–Kier alpha value is -1.73. The molecule has 1 saturated heterocycles. The minimum absolute atomic E-state index is 0.277. The monoisotopic (exact) mass is 246 g/mol. The van der Waals surface area contributed by atoms with Crippen molar-refractivity contribution in [1.82, 2.24) is 0 Å². The average Bonchev–Trinajstić information content (AvgIpc) is 2.46. The van der Waals surface area contributed by atoms with Gasteiger partial charge in [0.25, 0.3) is 0 Å². The molecule has 1 aromatic rings. The Kier molecular flexibility index (Phi) is 4.43. The lowest BCUT2D eigenvalue weighted by Crippen LogP contribution is -2.27. The molecule has 0 aromatic heterocycles. The second-order valence-corrected chi connectivity index (χ2v) is 4.40. The van der Waals surface area contributed by atoms with Crippen LogP contribution in [0.3, 0.4) is 0 Å². The third kappa shape index (κ3) is 3.14. The number of anilines is 1. The quantitative estimate of drug-likeness (QED) is 0.887. The molecule has 1 aliphatic rings. The van der Waals surface area contributed by atoms with Crippen molar-refractivity contribution >= 4 is 5.69 Å². The molecule has 1 unspecified atom stereocenters. The highest BCUT2D eigenvalue weighted by Gasteiger charge is 2.14. The molecular formula is C14H18N2O2. The summed E-state index contributed by atoms with van der Waals surface area (Å²) in [5, 5.41) is 12.2. The third-order valence-corrected chi connectivity index (χ3v) is 3.12. The van der Waals surface area contributed by atoms with Gasteiger partial charge in [0, 0.05) is 19.2 Å². The first-order chi connectivity index (χ1) is 8.83. The Morgan fingerprint density at radius 3 is 3.06 bits per heavy atom. The number of nitriles is 1. The molecule has 0 amide bonds. The van der Waals surface area contributed by atoms with E-state index in [-0.39, 0.29) is 6.10 Å². The summed E-state index contributed by atoms with van der Waals surface area (Å²) in [6, 6.07) is 7.50. The van der Waals surface area contributed by atoms with Crippen LogP contribution in [-0.2, 0) is 4.74 Å². The van der Waals surface area contributed by atoms with Crippen molar-refractivity contribution in [3.8, 4) is 11.8 Å². The number of rotatable bonds is 4. The van der Waals surface area contributed by atoms with Gasteiger partial charge in [-0.15, -0.1) is 0 Å². The van der Waals surface area contributed by atoms with Gasteiger partial charge >= 0.3 is 0 Å². The average molecular weight is 246 g/mol. The Bertz CT molecular complexity index is 434. The van der Waals surface area contributed by atoms with Crippen LogP contribution in [-0.4, -0.2) is 26.4 Å². The summed E-state index contributed by atoms with van der Waals surface area (Å²) < 4.78 is 10.9. The van der Waals surface area contributed by atoms with Gasteiger partial charge in [-0.2, -0.15) is 5.26 Å². The smallest absolute Gasteiger partial charge is 0.143 e. The summed E-state index contributed by atoms with van der Waals surface area (Å²) in [7, 11) is 1.61. The highest BCUT2D eigenvalue weighted by Crippen LogP contribution is 2.25. The minimum Gasteiger partial charge on any atom is -0.495 e. The maximum atomic E-state index is 8.84. The second kappa shape index (κ2) is 6.27. The van der Waals surface area contributed by atoms with Crippen molar-refractivity contribution in [3.05, 3.63) is 23.8 Å². The predicted octanol–water partition coefficient (Wildman–Crippen LogP) is 2.55. The van der Waals surface area contributed by atoms with E-state index in [1.54, 1.807) is 19.2 Å². The molecule has 18 heavy (non-hydrogen) atoms. The number of nitrogens with one attached hydrogen (secondary N) is 1. The molecule has 1 aromatic carbocycles. The van der Waals surface area contributed by atoms with Crippen LogP contribution in [0.15, 0.2) is 18.2 Å². The maximum Gasteiger partial charge on any atom is 0.143 e. The highest BCUT2D eigenvalue weighted by atomic mass is 16.5. The van der Waals surface area contributed by atoms with Crippen molar-refractivity contribution in [2.24, 2.45) is 0 Å². The van der Waals surface area contributed by atoms with Crippen molar-refractivity contribution in [2.45, 2.75) is 25.4 Å². The largest absolute Gasteiger partial charge is 0.495 e. The number of hydrogen-bond acceptors (Lipinski definition) is 4. The van der Waals surface area contributed by atoms with Crippen LogP contribution in [0.1, 0.15) is 24.8 Å². The first-order valence-corrected chi connectivity index (χ1v) is 6.27. The Labute approximate surface area is 108 Å². The Morgan fingerprint density at radius 1 is 1.50 bits per heavy atom. The van der Waals surface area contributed by atoms with E-state index >= 15 is 0 Å². The molecule has 1 N–H and O–H groups in total. The van der Waals surface area contributed by atoms with E-state index in [1.807, 2.05) is 6.07 Å². The summed E-state index contributed by atoms with van der Waals surface area (Å²) in [4.78, 5) is 0. The van der Waals surface area contributed by atoms with E-state index in [9.17, 15) is 0 Å². The molecule has 0 spiro atoms. The van der Waals surface area contributed by atoms with Crippen molar-refractivity contribution in [3.63, 3.8) is 0 Å². The van der Waals surface area contributed by atoms with Crippen molar-refractivity contribution < 1.29 is 9.47 Å². The van der Waals surface area contributed by atoms with Crippen molar-refractivity contribution in [2.75, 3.05) is 25.6 Å². The fraction of sp³-hybridized carbons (Fsp3) is 0.500. The van der Waals surface area contributed by atoms with Gasteiger partial charge in [0.05, 0.1) is 30.5 Å². The molecule has 1 atom stereocenters. The second-order valence-electron chi connectivity index (χ2n) is 4.40. The molecule has 4 heteroatoms. The molecular weight excluding hydrogens is 228 g/mol. The van der Waals surface area contributed by atoms with E-state index in [2.05, 4.69) is 11.4 Å². The number of nitrogens with zero attached hydrogens (tertiary/aromatic N) is 1. The van der Waals surface area contributed by atoms with Gasteiger partial charge in [0.1, 0.15) is 5.75 Å². The zero-order valence-electron chi connectivity index (χ0n) is 10.6. The molecule has 2 rings (SSSR count). The first kappa shape index (κ1) is 12.7. The predicted molar refractivity (Wildman–Crippen MR) is 69.8 cm³/mol. The van der Waals surface area contributed by atoms with E-state index < -0.39 is 0 Å². The summed E-state index contributed by atoms with van der Waals surface area (Å²) in [5.41, 5.74) is 1.51. The van der Waals surface area contributed by atoms with Crippen LogP contribution in [0.25, 0.3) is 0 Å². The molecule has 1 fully saturated rings. The zero-order valence-corrected chi connectivity index (χ0v) is 10.6. The molecule has 96 valence electrons. The maximum absolute atomic E-state index is 8.84. The number of methoxy groups -OCH3 is 1. The lowest BCUT2D eigenvalue weighted by atomic mass is 10.1. The zero-order chi connectivity index (χ0) is 12.8. The van der Waals surface area contributed by atoms with Gasteiger partial charge < -0.3 is 14.8 Å². The van der Waals surface area contributed by atoms with Crippen LogP contribution in [0.2, 0.25) is 0 Å². The van der Waals surface area contributed by atoms with Gasteiger partial charge in [0.2, 0.25) is 0 Å². The lowest BCUT2D eigenvalue weighted by molar-refractivity contribution is 0.0247. The molecule has 0 radical (unpaired) electrons. The van der Waals surface area contributed by atoms with E-state index in [0.29, 0.717) is 11.3 Å². The van der Waals surface area contributed by atoms with Gasteiger partial charge in [-0.05, 0) is 31.4 Å². The standard InChI is InChI=1S/C14H18N2O2/c1-17-14-8-11(9-15)5-6-13(14)16-10-12-4-2-3-7-18-12/h5-6,8,12,16H,2-4,7,10H2,1H3. The lowest BCUT2D eigenvalue weighted by Gasteiger charge is -2.23. The minimum atomic E-state index is 0.277. The van der Waals surface area contributed by atoms with Gasteiger partial charge in [-0.1, -0.05) is 0 Å². The van der Waals surface area contributed by atoms with Crippen LogP contribution >= 0.6 is 0 Å². The summed E-state index contributed by atoms with van der Waals surface area (Å²) in [5.74, 6) is 0.699. The molecule has 1 heterocycles. The topological polar surface area (TPSA) is 54.3 Å². The Morgan fingerprint density at radius 2 is 2.39 bits per heavy atom. The summed E-state index contributed by atoms with van der Waals surface area (Å²) in [6.07, 6.45) is 3.78. The fourth-order valence-corrected chi connectivity index (χ4v) is 2.10. The molecule has 1 aliphatic heterocycles. The Balaban J connectivity index is 1.98. The van der Waals surface area contributed by atoms with Crippen LogP contribution in [0, 0.1) is 11.3 Å². The number of benzene rings is 1. The SMILES string of the molecule is COc1cc(C#N)ccc1NCC1CCCCO1. The van der Waals surface area contributed by atoms with Gasteiger partial charge in [-0.3, -0.25) is 0 Å². The molecule has 4 nitrogen and oxygen atoms in total. The number of hydrogen-bond donors (Lipinski definition) is 1. The third-order valence-electron chi connectivity index (χ3n) is 3.12. The molecule has 0 bridgehead atoms. The van der Waals surface area contributed by atoms with Crippen LogP contribution in [0.5, 0.6) is 5.75 Å².